The van der Waals surface area contributed by atoms with E-state index < -0.39 is 5.54 Å². The van der Waals surface area contributed by atoms with Gasteiger partial charge in [0.25, 0.3) is 11.8 Å². The molecule has 4 nitrogen and oxygen atoms in total. The Kier molecular flexibility index (Phi) is 6.41. The lowest BCUT2D eigenvalue weighted by Gasteiger charge is -2.38. The molecular formula is C19H20Br2N2O2. The fraction of sp³-hybridized carbons (Fsp3) is 0.263. The third-order valence-electron chi connectivity index (χ3n) is 4.11. The minimum Gasteiger partial charge on any atom is -0.267 e. The molecule has 0 aliphatic rings. The van der Waals surface area contributed by atoms with E-state index in [1.54, 1.807) is 36.4 Å². The minimum absolute atomic E-state index is 0.264. The van der Waals surface area contributed by atoms with E-state index in [0.717, 1.165) is 0 Å². The molecule has 0 fully saturated rings. The molecule has 25 heavy (non-hydrogen) atoms. The summed E-state index contributed by atoms with van der Waals surface area (Å²) in [6.45, 7) is 5.81. The monoisotopic (exact) mass is 466 g/mol. The van der Waals surface area contributed by atoms with E-state index in [-0.39, 0.29) is 11.8 Å². The fourth-order valence-electron chi connectivity index (χ4n) is 2.20. The lowest BCUT2D eigenvalue weighted by molar-refractivity contribution is 0.0306. The molecule has 0 bridgehead atoms. The summed E-state index contributed by atoms with van der Waals surface area (Å²) >= 11 is 6.79. The van der Waals surface area contributed by atoms with Gasteiger partial charge in [-0.3, -0.25) is 15.0 Å². The molecule has 2 aromatic carbocycles. The number of nitrogens with one attached hydrogen (secondary N) is 1. The molecule has 0 atom stereocenters. The molecule has 0 aromatic heterocycles. The van der Waals surface area contributed by atoms with E-state index in [1.807, 2.05) is 32.9 Å². The van der Waals surface area contributed by atoms with E-state index >= 15 is 0 Å². The standard InChI is InChI=1S/C19H20Br2N2O2/c1-4-19(2,3)23(18(25)14-10-6-8-12-16(14)21)22-17(24)13-9-5-7-11-15(13)20/h5-12H,4H2,1-3H3,(H,22,24). The summed E-state index contributed by atoms with van der Waals surface area (Å²) in [7, 11) is 0. The van der Waals surface area contributed by atoms with Gasteiger partial charge in [-0.25, -0.2) is 5.01 Å². The number of nitrogens with zero attached hydrogens (tertiary/aromatic N) is 1. The first kappa shape index (κ1) is 19.7. The molecule has 0 aliphatic heterocycles. The van der Waals surface area contributed by atoms with Crippen LogP contribution in [0.1, 0.15) is 47.9 Å². The van der Waals surface area contributed by atoms with Crippen LogP contribution in [0, 0.1) is 0 Å². The molecule has 0 spiro atoms. The molecular weight excluding hydrogens is 448 g/mol. The van der Waals surface area contributed by atoms with Crippen molar-refractivity contribution in [2.24, 2.45) is 0 Å². The highest BCUT2D eigenvalue weighted by atomic mass is 79.9. The normalized spacial score (nSPS) is 11.1. The van der Waals surface area contributed by atoms with Crippen LogP contribution in [-0.4, -0.2) is 22.4 Å². The number of hydrazine groups is 1. The zero-order valence-corrected chi connectivity index (χ0v) is 17.5. The molecule has 2 rings (SSSR count). The van der Waals surface area contributed by atoms with Crippen LogP contribution in [0.25, 0.3) is 0 Å². The smallest absolute Gasteiger partial charge is 0.267 e. The first-order valence-electron chi connectivity index (χ1n) is 7.92. The Hall–Kier alpha value is -1.66. The molecule has 0 saturated carbocycles. The summed E-state index contributed by atoms with van der Waals surface area (Å²) in [5.41, 5.74) is 3.20. The van der Waals surface area contributed by atoms with Crippen LogP contribution in [-0.2, 0) is 0 Å². The highest BCUT2D eigenvalue weighted by Gasteiger charge is 2.33. The van der Waals surface area contributed by atoms with Crippen LogP contribution in [0.3, 0.4) is 0 Å². The maximum atomic E-state index is 13.1. The van der Waals surface area contributed by atoms with E-state index in [1.165, 1.54) is 5.01 Å². The van der Waals surface area contributed by atoms with Crippen LogP contribution in [0.4, 0.5) is 0 Å². The van der Waals surface area contributed by atoms with Gasteiger partial charge in [-0.2, -0.15) is 0 Å². The Labute approximate surface area is 164 Å². The molecule has 0 saturated heterocycles. The fourth-order valence-corrected chi connectivity index (χ4v) is 3.12. The third-order valence-corrected chi connectivity index (χ3v) is 5.49. The molecule has 132 valence electrons. The number of benzene rings is 2. The van der Waals surface area contributed by atoms with Gasteiger partial charge in [-0.05, 0) is 76.4 Å². The van der Waals surface area contributed by atoms with Crippen molar-refractivity contribution in [3.05, 3.63) is 68.6 Å². The van der Waals surface area contributed by atoms with Crippen molar-refractivity contribution in [2.75, 3.05) is 0 Å². The van der Waals surface area contributed by atoms with Gasteiger partial charge >= 0.3 is 0 Å². The molecule has 0 radical (unpaired) electrons. The average Bonchev–Trinajstić information content (AvgIpc) is 2.59. The SMILES string of the molecule is CCC(C)(C)N(NC(=O)c1ccccc1Br)C(=O)c1ccccc1Br. The second-order valence-corrected chi connectivity index (χ2v) is 7.92. The molecule has 0 unspecified atom stereocenters. The zero-order chi connectivity index (χ0) is 18.6. The van der Waals surface area contributed by atoms with Crippen molar-refractivity contribution in [3.63, 3.8) is 0 Å². The van der Waals surface area contributed by atoms with Gasteiger partial charge in [0.2, 0.25) is 0 Å². The summed E-state index contributed by atoms with van der Waals surface area (Å²) in [5, 5.41) is 1.41. The van der Waals surface area contributed by atoms with Crippen LogP contribution < -0.4 is 5.43 Å². The Morgan fingerprint density at radius 2 is 1.44 bits per heavy atom. The van der Waals surface area contributed by atoms with Crippen molar-refractivity contribution < 1.29 is 9.59 Å². The van der Waals surface area contributed by atoms with E-state index in [0.29, 0.717) is 26.5 Å². The van der Waals surface area contributed by atoms with E-state index in [2.05, 4.69) is 37.3 Å². The Balaban J connectivity index is 2.38. The number of halogens is 2. The van der Waals surface area contributed by atoms with Crippen LogP contribution in [0.2, 0.25) is 0 Å². The lowest BCUT2D eigenvalue weighted by atomic mass is 10.00. The Morgan fingerprint density at radius 3 is 1.92 bits per heavy atom. The van der Waals surface area contributed by atoms with Gasteiger partial charge in [0.1, 0.15) is 0 Å². The maximum Gasteiger partial charge on any atom is 0.273 e. The van der Waals surface area contributed by atoms with Crippen LogP contribution in [0.15, 0.2) is 57.5 Å². The van der Waals surface area contributed by atoms with E-state index in [9.17, 15) is 9.59 Å². The number of carbonyl (C=O) groups is 2. The summed E-state index contributed by atoms with van der Waals surface area (Å²) in [6, 6.07) is 14.3. The van der Waals surface area contributed by atoms with Crippen LogP contribution in [0.5, 0.6) is 0 Å². The number of hydrogen-bond donors (Lipinski definition) is 1. The molecule has 0 heterocycles. The average molecular weight is 468 g/mol. The minimum atomic E-state index is -0.552. The maximum absolute atomic E-state index is 13.1. The molecule has 6 heteroatoms. The Morgan fingerprint density at radius 1 is 0.960 bits per heavy atom. The predicted octanol–water partition coefficient (Wildman–Crippen LogP) is 5.19. The third kappa shape index (κ3) is 4.50. The van der Waals surface area contributed by atoms with Gasteiger partial charge in [-0.15, -0.1) is 0 Å². The van der Waals surface area contributed by atoms with Gasteiger partial charge in [0.05, 0.1) is 16.7 Å². The number of hydrogen-bond acceptors (Lipinski definition) is 2. The summed E-state index contributed by atoms with van der Waals surface area (Å²) in [6.07, 6.45) is 0.680. The van der Waals surface area contributed by atoms with Crippen molar-refractivity contribution in [1.82, 2.24) is 10.4 Å². The summed E-state index contributed by atoms with van der Waals surface area (Å²) in [4.78, 5) is 25.8. The van der Waals surface area contributed by atoms with Crippen molar-refractivity contribution >= 4 is 43.7 Å². The van der Waals surface area contributed by atoms with Crippen molar-refractivity contribution in [2.45, 2.75) is 32.7 Å². The van der Waals surface area contributed by atoms with Gasteiger partial charge in [0.15, 0.2) is 0 Å². The molecule has 1 N–H and O–H groups in total. The van der Waals surface area contributed by atoms with Crippen LogP contribution >= 0.6 is 31.9 Å². The topological polar surface area (TPSA) is 49.4 Å². The predicted molar refractivity (Wildman–Crippen MR) is 106 cm³/mol. The number of amides is 2. The lowest BCUT2D eigenvalue weighted by Crippen LogP contribution is -2.57. The first-order valence-corrected chi connectivity index (χ1v) is 9.51. The highest BCUT2D eigenvalue weighted by molar-refractivity contribution is 9.10. The summed E-state index contributed by atoms with van der Waals surface area (Å²) < 4.78 is 1.36. The molecule has 0 aliphatic carbocycles. The van der Waals surface area contributed by atoms with E-state index in [4.69, 9.17) is 0 Å². The highest BCUT2D eigenvalue weighted by Crippen LogP contribution is 2.24. The zero-order valence-electron chi connectivity index (χ0n) is 14.3. The first-order chi connectivity index (χ1) is 11.8. The van der Waals surface area contributed by atoms with Crippen molar-refractivity contribution in [3.8, 4) is 0 Å². The van der Waals surface area contributed by atoms with Gasteiger partial charge in [-0.1, -0.05) is 31.2 Å². The number of rotatable bonds is 4. The molecule has 2 aromatic rings. The van der Waals surface area contributed by atoms with Crippen molar-refractivity contribution in [1.29, 1.82) is 0 Å². The molecule has 2 amide bonds. The number of carbonyl (C=O) groups excluding carboxylic acids is 2. The Bertz CT molecular complexity index is 790. The van der Waals surface area contributed by atoms with Gasteiger partial charge in [0, 0.05) is 8.95 Å². The largest absolute Gasteiger partial charge is 0.273 e. The summed E-state index contributed by atoms with van der Waals surface area (Å²) in [5.74, 6) is -0.603. The quantitative estimate of drug-likeness (QED) is 0.629. The van der Waals surface area contributed by atoms with Gasteiger partial charge < -0.3 is 0 Å². The second-order valence-electron chi connectivity index (χ2n) is 6.21. The second kappa shape index (κ2) is 8.15.